The second kappa shape index (κ2) is 9.46. The molecule has 9 heteroatoms. The number of furan rings is 1. The second-order valence-electron chi connectivity index (χ2n) is 7.03. The van der Waals surface area contributed by atoms with E-state index in [1.807, 2.05) is 6.92 Å². The SMILES string of the molecule is Cc1cc(NC(=O)c2ccc(COc3ccc(Cl)cc3)o2)nn1Cc1ccc(F)cc1Cl. The topological polar surface area (TPSA) is 69.3 Å². The molecule has 0 radical (unpaired) electrons. The predicted octanol–water partition coefficient (Wildman–Crippen LogP) is 6.11. The number of aromatic nitrogens is 2. The summed E-state index contributed by atoms with van der Waals surface area (Å²) in [7, 11) is 0. The van der Waals surface area contributed by atoms with E-state index in [0.717, 1.165) is 5.69 Å². The third-order valence-corrected chi connectivity index (χ3v) is 5.24. The van der Waals surface area contributed by atoms with Crippen molar-refractivity contribution in [3.8, 4) is 5.75 Å². The van der Waals surface area contributed by atoms with E-state index in [9.17, 15) is 9.18 Å². The lowest BCUT2D eigenvalue weighted by Crippen LogP contribution is -2.12. The molecule has 0 bridgehead atoms. The van der Waals surface area contributed by atoms with Gasteiger partial charge in [-0.25, -0.2) is 4.39 Å². The van der Waals surface area contributed by atoms with Gasteiger partial charge in [-0.15, -0.1) is 0 Å². The Kier molecular flexibility index (Phi) is 6.48. The van der Waals surface area contributed by atoms with Gasteiger partial charge >= 0.3 is 0 Å². The van der Waals surface area contributed by atoms with Crippen molar-refractivity contribution in [1.82, 2.24) is 9.78 Å². The molecule has 0 aliphatic carbocycles. The van der Waals surface area contributed by atoms with E-state index >= 15 is 0 Å². The van der Waals surface area contributed by atoms with Crippen LogP contribution in [-0.2, 0) is 13.2 Å². The largest absolute Gasteiger partial charge is 0.486 e. The molecule has 2 aromatic carbocycles. The monoisotopic (exact) mass is 473 g/mol. The molecule has 0 aliphatic rings. The fraction of sp³-hybridized carbons (Fsp3) is 0.130. The number of benzene rings is 2. The highest BCUT2D eigenvalue weighted by molar-refractivity contribution is 6.31. The first kappa shape index (κ1) is 21.9. The minimum Gasteiger partial charge on any atom is -0.486 e. The molecule has 0 atom stereocenters. The summed E-state index contributed by atoms with van der Waals surface area (Å²) in [5.74, 6) is 0.791. The number of amides is 1. The summed E-state index contributed by atoms with van der Waals surface area (Å²) in [6, 6.07) is 16.1. The zero-order valence-corrected chi connectivity index (χ0v) is 18.5. The molecule has 0 fully saturated rings. The normalized spacial score (nSPS) is 10.9. The Morgan fingerprint density at radius 2 is 1.91 bits per heavy atom. The minimum absolute atomic E-state index is 0.133. The van der Waals surface area contributed by atoms with Crippen molar-refractivity contribution in [2.45, 2.75) is 20.1 Å². The molecule has 164 valence electrons. The fourth-order valence-corrected chi connectivity index (χ4v) is 3.34. The van der Waals surface area contributed by atoms with Gasteiger partial charge < -0.3 is 14.5 Å². The van der Waals surface area contributed by atoms with E-state index in [2.05, 4.69) is 10.4 Å². The first-order valence-corrected chi connectivity index (χ1v) is 10.4. The first-order chi connectivity index (χ1) is 15.4. The Balaban J connectivity index is 1.38. The molecule has 1 N–H and O–H groups in total. The molecule has 0 spiro atoms. The van der Waals surface area contributed by atoms with Crippen LogP contribution in [0.4, 0.5) is 10.2 Å². The Labute approximate surface area is 193 Å². The number of nitrogens with zero attached hydrogens (tertiary/aromatic N) is 2. The highest BCUT2D eigenvalue weighted by Crippen LogP contribution is 2.21. The van der Waals surface area contributed by atoms with Gasteiger partial charge in [0.1, 0.15) is 23.9 Å². The summed E-state index contributed by atoms with van der Waals surface area (Å²) in [6.45, 7) is 2.36. The molecule has 1 amide bonds. The number of nitrogens with one attached hydrogen (secondary N) is 1. The smallest absolute Gasteiger partial charge is 0.292 e. The van der Waals surface area contributed by atoms with E-state index in [-0.39, 0.29) is 12.4 Å². The van der Waals surface area contributed by atoms with Crippen molar-refractivity contribution < 1.29 is 18.3 Å². The fourth-order valence-electron chi connectivity index (χ4n) is 2.98. The Morgan fingerprint density at radius 1 is 1.12 bits per heavy atom. The predicted molar refractivity (Wildman–Crippen MR) is 120 cm³/mol. The molecular formula is C23H18Cl2FN3O3. The molecule has 6 nitrogen and oxygen atoms in total. The van der Waals surface area contributed by atoms with E-state index in [1.165, 1.54) is 12.1 Å². The van der Waals surface area contributed by atoms with Crippen LogP contribution >= 0.6 is 23.2 Å². The van der Waals surface area contributed by atoms with Crippen molar-refractivity contribution in [2.75, 3.05) is 5.32 Å². The van der Waals surface area contributed by atoms with Crippen LogP contribution in [0.3, 0.4) is 0 Å². The standard InChI is InChI=1S/C23H18Cl2FN3O3/c1-14-10-22(28-29(14)12-15-2-5-17(26)11-20(15)25)27-23(30)21-9-8-19(32-21)13-31-18-6-3-16(24)4-7-18/h2-11H,12-13H2,1H3,(H,27,28,30). The molecule has 0 saturated heterocycles. The number of aryl methyl sites for hydroxylation is 1. The molecular weight excluding hydrogens is 456 g/mol. The molecule has 0 unspecified atom stereocenters. The Bertz CT molecular complexity index is 1250. The third-order valence-electron chi connectivity index (χ3n) is 4.64. The van der Waals surface area contributed by atoms with Gasteiger partial charge in [-0.1, -0.05) is 29.3 Å². The van der Waals surface area contributed by atoms with Crippen molar-refractivity contribution in [2.24, 2.45) is 0 Å². The lowest BCUT2D eigenvalue weighted by molar-refractivity contribution is 0.0992. The second-order valence-corrected chi connectivity index (χ2v) is 7.87. The summed E-state index contributed by atoms with van der Waals surface area (Å²) >= 11 is 12.0. The van der Waals surface area contributed by atoms with Crippen molar-refractivity contribution in [1.29, 1.82) is 0 Å². The van der Waals surface area contributed by atoms with Gasteiger partial charge in [0.15, 0.2) is 11.6 Å². The zero-order chi connectivity index (χ0) is 22.7. The molecule has 4 aromatic rings. The summed E-state index contributed by atoms with van der Waals surface area (Å²) in [6.07, 6.45) is 0. The van der Waals surface area contributed by atoms with Crippen molar-refractivity contribution in [3.05, 3.63) is 99.3 Å². The number of ether oxygens (including phenoxy) is 1. The number of carbonyl (C=O) groups is 1. The number of hydrogen-bond donors (Lipinski definition) is 1. The maximum atomic E-state index is 13.2. The zero-order valence-electron chi connectivity index (χ0n) is 16.9. The van der Waals surface area contributed by atoms with Crippen molar-refractivity contribution >= 4 is 34.9 Å². The maximum absolute atomic E-state index is 13.2. The van der Waals surface area contributed by atoms with E-state index in [0.29, 0.717) is 39.5 Å². The summed E-state index contributed by atoms with van der Waals surface area (Å²) in [4.78, 5) is 12.5. The summed E-state index contributed by atoms with van der Waals surface area (Å²) < 4.78 is 26.1. The van der Waals surface area contributed by atoms with Crippen LogP contribution in [-0.4, -0.2) is 15.7 Å². The van der Waals surface area contributed by atoms with Gasteiger partial charge in [-0.2, -0.15) is 5.10 Å². The van der Waals surface area contributed by atoms with Gasteiger partial charge in [-0.05, 0) is 61.0 Å². The number of halogens is 3. The number of rotatable bonds is 7. The maximum Gasteiger partial charge on any atom is 0.292 e. The average Bonchev–Trinajstić information content (AvgIpc) is 3.36. The highest BCUT2D eigenvalue weighted by atomic mass is 35.5. The molecule has 0 aliphatic heterocycles. The van der Waals surface area contributed by atoms with Crippen LogP contribution < -0.4 is 10.1 Å². The van der Waals surface area contributed by atoms with Crippen LogP contribution in [0.2, 0.25) is 10.0 Å². The summed E-state index contributed by atoms with van der Waals surface area (Å²) in [5.41, 5.74) is 1.52. The lowest BCUT2D eigenvalue weighted by Gasteiger charge is -2.06. The van der Waals surface area contributed by atoms with Crippen molar-refractivity contribution in [3.63, 3.8) is 0 Å². The van der Waals surface area contributed by atoms with Gasteiger partial charge in [0, 0.05) is 21.8 Å². The van der Waals surface area contributed by atoms with E-state index in [4.69, 9.17) is 32.4 Å². The Hall–Kier alpha value is -3.29. The average molecular weight is 474 g/mol. The van der Waals surface area contributed by atoms with Gasteiger partial charge in [0.2, 0.25) is 0 Å². The number of anilines is 1. The molecule has 2 heterocycles. The van der Waals surface area contributed by atoms with Crippen LogP contribution in [0.15, 0.2) is 65.1 Å². The Morgan fingerprint density at radius 3 is 2.66 bits per heavy atom. The molecule has 4 rings (SSSR count). The number of carbonyl (C=O) groups excluding carboxylic acids is 1. The van der Waals surface area contributed by atoms with Gasteiger partial charge in [0.25, 0.3) is 5.91 Å². The van der Waals surface area contributed by atoms with Crippen LogP contribution in [0.25, 0.3) is 0 Å². The first-order valence-electron chi connectivity index (χ1n) is 9.64. The highest BCUT2D eigenvalue weighted by Gasteiger charge is 2.15. The number of hydrogen-bond acceptors (Lipinski definition) is 4. The van der Waals surface area contributed by atoms with E-state index in [1.54, 1.807) is 53.2 Å². The minimum atomic E-state index is -0.438. The van der Waals surface area contributed by atoms with Gasteiger partial charge in [0.05, 0.1) is 6.54 Å². The third kappa shape index (κ3) is 5.30. The molecule has 2 aromatic heterocycles. The quantitative estimate of drug-likeness (QED) is 0.351. The molecule has 0 saturated carbocycles. The van der Waals surface area contributed by atoms with Crippen LogP contribution in [0.1, 0.15) is 27.6 Å². The lowest BCUT2D eigenvalue weighted by atomic mass is 10.2. The van der Waals surface area contributed by atoms with Crippen LogP contribution in [0.5, 0.6) is 5.75 Å². The van der Waals surface area contributed by atoms with Crippen LogP contribution in [0, 0.1) is 12.7 Å². The van der Waals surface area contributed by atoms with Gasteiger partial charge in [-0.3, -0.25) is 9.48 Å². The molecule has 32 heavy (non-hydrogen) atoms. The van der Waals surface area contributed by atoms with E-state index < -0.39 is 11.7 Å². The summed E-state index contributed by atoms with van der Waals surface area (Å²) in [5, 5.41) is 8.02.